The Morgan fingerprint density at radius 3 is 0.827 bits per heavy atom. The molecule has 0 amide bonds. The van der Waals surface area contributed by atoms with Crippen LogP contribution >= 0.6 is 0 Å². The highest BCUT2D eigenvalue weighted by atomic mass is 19.2. The van der Waals surface area contributed by atoms with Crippen LogP contribution in [0.3, 0.4) is 0 Å². The Morgan fingerprint density at radius 1 is 0.346 bits per heavy atom. The molecular weight excluding hydrogens is 730 g/mol. The first kappa shape index (κ1) is 38.3. The number of halogens is 15. The van der Waals surface area contributed by atoms with Crippen molar-refractivity contribution >= 4 is 23.1 Å². The number of benzene rings is 5. The van der Waals surface area contributed by atoms with Gasteiger partial charge in [0.15, 0.2) is 52.4 Å². The number of hydrogen-bond donors (Lipinski definition) is 1. The van der Waals surface area contributed by atoms with Gasteiger partial charge in [-0.3, -0.25) is 0 Å². The van der Waals surface area contributed by atoms with Gasteiger partial charge >= 0.3 is 0 Å². The first-order chi connectivity index (χ1) is 24.6. The molecule has 0 aromatic heterocycles. The van der Waals surface area contributed by atoms with Crippen LogP contribution in [0.25, 0.3) is 0 Å². The molecule has 2 atom stereocenters. The van der Waals surface area contributed by atoms with Crippen LogP contribution in [-0.4, -0.2) is 6.71 Å². The zero-order valence-corrected chi connectivity index (χ0v) is 25.9. The molecule has 52 heavy (non-hydrogen) atoms. The van der Waals surface area contributed by atoms with Gasteiger partial charge in [-0.05, 0) is 13.1 Å². The second kappa shape index (κ2) is 15.4. The molecule has 273 valence electrons. The van der Waals surface area contributed by atoms with Crippen LogP contribution in [0.15, 0.2) is 60.7 Å². The molecule has 2 unspecified atom stereocenters. The van der Waals surface area contributed by atoms with Gasteiger partial charge in [0.25, 0.3) is 0 Å². The van der Waals surface area contributed by atoms with Crippen molar-refractivity contribution in [2.45, 2.75) is 31.3 Å². The Balaban J connectivity index is 0.000000242. The molecule has 0 bridgehead atoms. The highest BCUT2D eigenvalue weighted by molar-refractivity contribution is 6.95. The Bertz CT molecular complexity index is 1830. The fraction of sp³-hybridized carbons (Fsp3) is 0.143. The summed E-state index contributed by atoms with van der Waals surface area (Å²) in [6.07, 6.45) is 3.93. The Hall–Kier alpha value is -4.93. The SMILES string of the molecule is Fc1c(F)c(F)c([B-](c2c(F)c(F)c(F)c(F)c2F)c2c(F)c(F)c(F)c(F)c2F)c(F)c1F.c1ccc(C2CCCC(c3ccccc3)[NH2+]2)cc1. The van der Waals surface area contributed by atoms with Crippen molar-refractivity contribution in [3.8, 4) is 0 Å². The standard InChI is InChI=1S/C18BF15.C17H19N/c20-4-1(5(21)11(27)16(32)10(4)26)19(2-6(22)12(28)17(33)13(29)7(2)23)3-8(24)14(30)18(34)15(31)9(3)25;1-3-8-14(9-4-1)16-12-7-13-17(18-16)15-10-5-2-6-11-15/h;1-6,8-11,16-18H,7,12-13H2/q-1;/p+1. The van der Waals surface area contributed by atoms with Crippen molar-refractivity contribution in [1.82, 2.24) is 0 Å². The molecule has 1 aliphatic heterocycles. The van der Waals surface area contributed by atoms with E-state index in [9.17, 15) is 65.9 Å². The lowest BCUT2D eigenvalue weighted by Crippen LogP contribution is -2.87. The van der Waals surface area contributed by atoms with Gasteiger partial charge in [0.2, 0.25) is 0 Å². The second-order valence-electron chi connectivity index (χ2n) is 11.5. The smallest absolute Gasteiger partial charge is 0.200 e. The van der Waals surface area contributed by atoms with Crippen LogP contribution in [0.5, 0.6) is 0 Å². The topological polar surface area (TPSA) is 16.6 Å². The van der Waals surface area contributed by atoms with Gasteiger partial charge in [-0.1, -0.05) is 60.7 Å². The second-order valence-corrected chi connectivity index (χ2v) is 11.5. The molecule has 1 saturated heterocycles. The van der Waals surface area contributed by atoms with Crippen LogP contribution in [-0.2, 0) is 0 Å². The highest BCUT2D eigenvalue weighted by Crippen LogP contribution is 2.27. The minimum atomic E-state index is -3.96. The predicted molar refractivity (Wildman–Crippen MR) is 157 cm³/mol. The summed E-state index contributed by atoms with van der Waals surface area (Å²) < 4.78 is 209. The molecule has 1 fully saturated rings. The molecule has 2 N–H and O–H groups in total. The van der Waals surface area contributed by atoms with Crippen LogP contribution in [0.1, 0.15) is 42.5 Å². The van der Waals surface area contributed by atoms with E-state index in [1.165, 1.54) is 30.4 Å². The van der Waals surface area contributed by atoms with E-state index in [-0.39, 0.29) is 0 Å². The van der Waals surface area contributed by atoms with Crippen molar-refractivity contribution < 1.29 is 71.2 Å². The van der Waals surface area contributed by atoms with Crippen LogP contribution in [0.4, 0.5) is 65.9 Å². The average Bonchev–Trinajstić information content (AvgIpc) is 3.17. The Kier molecular flexibility index (Phi) is 11.3. The van der Waals surface area contributed by atoms with Crippen LogP contribution < -0.4 is 21.7 Å². The van der Waals surface area contributed by atoms with Crippen molar-refractivity contribution in [1.29, 1.82) is 0 Å². The van der Waals surface area contributed by atoms with E-state index in [0.717, 1.165) is 0 Å². The van der Waals surface area contributed by atoms with E-state index in [1.807, 2.05) is 0 Å². The maximum Gasteiger partial charge on any atom is 0.200 e. The van der Waals surface area contributed by atoms with Gasteiger partial charge in [0.1, 0.15) is 47.0 Å². The predicted octanol–water partition coefficient (Wildman–Crippen LogP) is 7.51. The lowest BCUT2D eigenvalue weighted by Gasteiger charge is -2.33. The van der Waals surface area contributed by atoms with E-state index in [1.54, 1.807) is 0 Å². The lowest BCUT2D eigenvalue weighted by atomic mass is 9.36. The summed E-state index contributed by atoms with van der Waals surface area (Å²) in [5.41, 5.74) is -5.09. The van der Waals surface area contributed by atoms with Crippen molar-refractivity contribution in [3.05, 3.63) is 159 Å². The molecule has 0 spiro atoms. The van der Waals surface area contributed by atoms with Crippen molar-refractivity contribution in [2.75, 3.05) is 0 Å². The van der Waals surface area contributed by atoms with E-state index in [2.05, 4.69) is 66.0 Å². The minimum Gasteiger partial charge on any atom is -0.334 e. The molecule has 5 aromatic carbocycles. The summed E-state index contributed by atoms with van der Waals surface area (Å²) in [6.45, 7) is -3.96. The fourth-order valence-corrected chi connectivity index (χ4v) is 6.05. The molecule has 6 rings (SSSR count). The maximum absolute atomic E-state index is 14.4. The van der Waals surface area contributed by atoms with Gasteiger partial charge < -0.3 is 5.32 Å². The third-order valence-corrected chi connectivity index (χ3v) is 8.55. The Labute approximate surface area is 284 Å². The van der Waals surface area contributed by atoms with Crippen molar-refractivity contribution in [3.63, 3.8) is 0 Å². The Morgan fingerprint density at radius 2 is 0.577 bits per heavy atom. The zero-order valence-electron chi connectivity index (χ0n) is 25.9. The minimum absolute atomic E-state index is 0.630. The van der Waals surface area contributed by atoms with Crippen LogP contribution in [0.2, 0.25) is 0 Å². The first-order valence-corrected chi connectivity index (χ1v) is 15.1. The fourth-order valence-electron chi connectivity index (χ4n) is 6.05. The average molecular weight is 750 g/mol. The monoisotopic (exact) mass is 750 g/mol. The highest BCUT2D eigenvalue weighted by Gasteiger charge is 2.35. The number of rotatable bonds is 5. The quantitative estimate of drug-likeness (QED) is 0.0830. The number of piperidine rings is 1. The number of quaternary nitrogens is 1. The molecule has 1 aliphatic rings. The van der Waals surface area contributed by atoms with E-state index < -0.39 is 110 Å². The summed E-state index contributed by atoms with van der Waals surface area (Å²) in [7, 11) is 0. The van der Waals surface area contributed by atoms with E-state index >= 15 is 0 Å². The molecule has 17 heteroatoms. The molecule has 1 radical (unpaired) electrons. The number of hydrogen-bond acceptors (Lipinski definition) is 0. The van der Waals surface area contributed by atoms with Gasteiger partial charge in [-0.2, -0.15) is 16.4 Å². The normalized spacial score (nSPS) is 15.8. The molecule has 1 heterocycles. The summed E-state index contributed by atoms with van der Waals surface area (Å²) in [4.78, 5) is 0. The maximum atomic E-state index is 14.4. The van der Waals surface area contributed by atoms with E-state index in [0.29, 0.717) is 12.1 Å². The van der Waals surface area contributed by atoms with E-state index in [4.69, 9.17) is 0 Å². The zero-order chi connectivity index (χ0) is 38.2. The summed E-state index contributed by atoms with van der Waals surface area (Å²) in [6, 6.07) is 23.1. The first-order valence-electron chi connectivity index (χ1n) is 15.1. The summed E-state index contributed by atoms with van der Waals surface area (Å²) >= 11 is 0. The number of nitrogens with two attached hydrogens (primary N) is 1. The van der Waals surface area contributed by atoms with Gasteiger partial charge in [-0.25, -0.2) is 65.9 Å². The van der Waals surface area contributed by atoms with Gasteiger partial charge in [0, 0.05) is 24.0 Å². The largest absolute Gasteiger partial charge is 0.334 e. The van der Waals surface area contributed by atoms with Crippen molar-refractivity contribution in [2.24, 2.45) is 0 Å². The van der Waals surface area contributed by atoms with Gasteiger partial charge in [0.05, 0.1) is 0 Å². The molecule has 5 aromatic rings. The molecule has 0 saturated carbocycles. The summed E-state index contributed by atoms with van der Waals surface area (Å²) in [5, 5.41) is 2.55. The third kappa shape index (κ3) is 6.85. The lowest BCUT2D eigenvalue weighted by molar-refractivity contribution is -0.743. The molecule has 0 aliphatic carbocycles. The molecule has 1 nitrogen and oxygen atoms in total. The van der Waals surface area contributed by atoms with Crippen LogP contribution in [0, 0.1) is 87.3 Å². The molecular formula is C35H20BF15N. The van der Waals surface area contributed by atoms with Gasteiger partial charge in [-0.15, -0.1) is 0 Å². The summed E-state index contributed by atoms with van der Waals surface area (Å²) in [5.74, 6) is -45.2. The third-order valence-electron chi connectivity index (χ3n) is 8.55.